The number of rotatable bonds is 8. The van der Waals surface area contributed by atoms with Gasteiger partial charge in [0, 0.05) is 49.4 Å². The zero-order valence-corrected chi connectivity index (χ0v) is 19.0. The fourth-order valence-corrected chi connectivity index (χ4v) is 4.94. The minimum atomic E-state index is -3.52. The standard InChI is InChI=1S/C21H25BrFN3O3S/c22-18-3-1-17(2-4-18)15-30(28,29)16-21(27)24-9-10-25-11-13-26(14-12-25)20-7-5-19(23)6-8-20/h1-8H,9-16H2,(H,24,27). The van der Waals surface area contributed by atoms with E-state index in [4.69, 9.17) is 0 Å². The van der Waals surface area contributed by atoms with E-state index >= 15 is 0 Å². The van der Waals surface area contributed by atoms with Crippen molar-refractivity contribution >= 4 is 37.4 Å². The van der Waals surface area contributed by atoms with Crippen molar-refractivity contribution in [1.82, 2.24) is 10.2 Å². The average molecular weight is 498 g/mol. The molecule has 0 saturated carbocycles. The highest BCUT2D eigenvalue weighted by atomic mass is 79.9. The molecule has 0 spiro atoms. The first-order valence-electron chi connectivity index (χ1n) is 9.75. The zero-order valence-electron chi connectivity index (χ0n) is 16.6. The van der Waals surface area contributed by atoms with E-state index < -0.39 is 21.5 Å². The molecule has 0 bridgehead atoms. The molecule has 2 aromatic carbocycles. The van der Waals surface area contributed by atoms with E-state index in [0.717, 1.165) is 36.3 Å². The normalized spacial score (nSPS) is 15.2. The number of nitrogens with one attached hydrogen (secondary N) is 1. The van der Waals surface area contributed by atoms with Gasteiger partial charge in [-0.15, -0.1) is 0 Å². The van der Waals surface area contributed by atoms with Gasteiger partial charge in [0.2, 0.25) is 5.91 Å². The third-order valence-corrected chi connectivity index (χ3v) is 6.97. The molecule has 1 heterocycles. The third-order valence-electron chi connectivity index (χ3n) is 4.97. The van der Waals surface area contributed by atoms with Crippen molar-refractivity contribution in [2.24, 2.45) is 0 Å². The summed E-state index contributed by atoms with van der Waals surface area (Å²) in [7, 11) is -3.52. The van der Waals surface area contributed by atoms with Crippen molar-refractivity contribution in [2.75, 3.05) is 49.9 Å². The van der Waals surface area contributed by atoms with Crippen LogP contribution in [0.3, 0.4) is 0 Å². The highest BCUT2D eigenvalue weighted by molar-refractivity contribution is 9.10. The van der Waals surface area contributed by atoms with Crippen LogP contribution in [-0.4, -0.2) is 64.2 Å². The van der Waals surface area contributed by atoms with Gasteiger partial charge in [0.05, 0.1) is 5.75 Å². The van der Waals surface area contributed by atoms with Gasteiger partial charge in [0.1, 0.15) is 11.6 Å². The van der Waals surface area contributed by atoms with Crippen molar-refractivity contribution in [3.8, 4) is 0 Å². The summed E-state index contributed by atoms with van der Waals surface area (Å²) in [6.45, 7) is 4.37. The minimum absolute atomic E-state index is 0.154. The fourth-order valence-electron chi connectivity index (χ4n) is 3.37. The van der Waals surface area contributed by atoms with Crippen LogP contribution in [0.4, 0.5) is 10.1 Å². The number of carbonyl (C=O) groups excluding carboxylic acids is 1. The van der Waals surface area contributed by atoms with E-state index in [2.05, 4.69) is 31.0 Å². The van der Waals surface area contributed by atoms with Gasteiger partial charge in [-0.2, -0.15) is 0 Å². The van der Waals surface area contributed by atoms with E-state index in [9.17, 15) is 17.6 Å². The Kier molecular flexibility index (Phi) is 7.85. The van der Waals surface area contributed by atoms with Crippen LogP contribution in [0.15, 0.2) is 53.0 Å². The van der Waals surface area contributed by atoms with Crippen molar-refractivity contribution in [1.29, 1.82) is 0 Å². The summed E-state index contributed by atoms with van der Waals surface area (Å²) in [5.74, 6) is -1.38. The molecule has 6 nitrogen and oxygen atoms in total. The predicted octanol–water partition coefficient (Wildman–Crippen LogP) is 2.44. The lowest BCUT2D eigenvalue weighted by Gasteiger charge is -2.36. The number of nitrogens with zero attached hydrogens (tertiary/aromatic N) is 2. The van der Waals surface area contributed by atoms with Crippen LogP contribution >= 0.6 is 15.9 Å². The van der Waals surface area contributed by atoms with Gasteiger partial charge in [-0.25, -0.2) is 12.8 Å². The molecular weight excluding hydrogens is 473 g/mol. The first-order chi connectivity index (χ1) is 14.3. The molecule has 30 heavy (non-hydrogen) atoms. The van der Waals surface area contributed by atoms with Crippen molar-refractivity contribution in [2.45, 2.75) is 5.75 Å². The van der Waals surface area contributed by atoms with Crippen molar-refractivity contribution in [3.63, 3.8) is 0 Å². The van der Waals surface area contributed by atoms with Gasteiger partial charge in [-0.1, -0.05) is 28.1 Å². The predicted molar refractivity (Wildman–Crippen MR) is 120 cm³/mol. The number of hydrogen-bond donors (Lipinski definition) is 1. The Morgan fingerprint density at radius 3 is 2.27 bits per heavy atom. The maximum Gasteiger partial charge on any atom is 0.235 e. The Labute approximate surface area is 185 Å². The SMILES string of the molecule is O=C(CS(=O)(=O)Cc1ccc(Br)cc1)NCCN1CCN(c2ccc(F)cc2)CC1. The van der Waals surface area contributed by atoms with Crippen LogP contribution in [0.2, 0.25) is 0 Å². The molecule has 1 fully saturated rings. The van der Waals surface area contributed by atoms with Gasteiger partial charge < -0.3 is 10.2 Å². The van der Waals surface area contributed by atoms with Crippen LogP contribution in [0.25, 0.3) is 0 Å². The summed E-state index contributed by atoms with van der Waals surface area (Å²) >= 11 is 3.31. The lowest BCUT2D eigenvalue weighted by Crippen LogP contribution is -2.48. The number of carbonyl (C=O) groups is 1. The molecule has 0 aliphatic carbocycles. The highest BCUT2D eigenvalue weighted by Crippen LogP contribution is 2.17. The van der Waals surface area contributed by atoms with Crippen LogP contribution in [0, 0.1) is 5.82 Å². The summed E-state index contributed by atoms with van der Waals surface area (Å²) in [5, 5.41) is 2.71. The fraction of sp³-hybridized carbons (Fsp3) is 0.381. The quantitative estimate of drug-likeness (QED) is 0.606. The summed E-state index contributed by atoms with van der Waals surface area (Å²) in [6, 6.07) is 13.5. The minimum Gasteiger partial charge on any atom is -0.369 e. The lowest BCUT2D eigenvalue weighted by atomic mass is 10.2. The largest absolute Gasteiger partial charge is 0.369 e. The first-order valence-corrected chi connectivity index (χ1v) is 12.4. The van der Waals surface area contributed by atoms with E-state index in [1.807, 2.05) is 0 Å². The second-order valence-corrected chi connectivity index (χ2v) is 10.3. The second-order valence-electron chi connectivity index (χ2n) is 7.31. The van der Waals surface area contributed by atoms with Crippen molar-refractivity contribution < 1.29 is 17.6 Å². The molecule has 9 heteroatoms. The maximum atomic E-state index is 13.0. The van der Waals surface area contributed by atoms with Crippen LogP contribution in [-0.2, 0) is 20.4 Å². The average Bonchev–Trinajstić information content (AvgIpc) is 2.70. The Morgan fingerprint density at radius 2 is 1.63 bits per heavy atom. The molecular formula is C21H25BrFN3O3S. The lowest BCUT2D eigenvalue weighted by molar-refractivity contribution is -0.118. The Bertz CT molecular complexity index is 944. The maximum absolute atomic E-state index is 13.0. The molecule has 0 atom stereocenters. The van der Waals surface area contributed by atoms with E-state index in [1.54, 1.807) is 36.4 Å². The Hall–Kier alpha value is -1.97. The van der Waals surface area contributed by atoms with Crippen molar-refractivity contribution in [3.05, 3.63) is 64.4 Å². The molecule has 2 aromatic rings. The second kappa shape index (κ2) is 10.4. The van der Waals surface area contributed by atoms with Crippen LogP contribution < -0.4 is 10.2 Å². The smallest absolute Gasteiger partial charge is 0.235 e. The molecule has 0 unspecified atom stereocenters. The van der Waals surface area contributed by atoms with E-state index in [1.165, 1.54) is 12.1 Å². The molecule has 1 N–H and O–H groups in total. The number of hydrogen-bond acceptors (Lipinski definition) is 5. The molecule has 0 aromatic heterocycles. The highest BCUT2D eigenvalue weighted by Gasteiger charge is 2.19. The molecule has 1 amide bonds. The molecule has 1 saturated heterocycles. The third kappa shape index (κ3) is 7.07. The topological polar surface area (TPSA) is 69.7 Å². The Balaban J connectivity index is 1.36. The van der Waals surface area contributed by atoms with Crippen LogP contribution in [0.5, 0.6) is 0 Å². The molecule has 1 aliphatic heterocycles. The summed E-state index contributed by atoms with van der Waals surface area (Å²) in [5.41, 5.74) is 1.66. The number of piperazine rings is 1. The van der Waals surface area contributed by atoms with Gasteiger partial charge in [-0.05, 0) is 42.0 Å². The number of benzene rings is 2. The van der Waals surface area contributed by atoms with Crippen LogP contribution in [0.1, 0.15) is 5.56 Å². The molecule has 162 valence electrons. The number of sulfone groups is 1. The number of amides is 1. The van der Waals surface area contributed by atoms with Gasteiger partial charge in [0.15, 0.2) is 9.84 Å². The molecule has 0 radical (unpaired) electrons. The van der Waals surface area contributed by atoms with E-state index in [0.29, 0.717) is 18.7 Å². The summed E-state index contributed by atoms with van der Waals surface area (Å²) in [6.07, 6.45) is 0. The molecule has 3 rings (SSSR count). The Morgan fingerprint density at radius 1 is 1.00 bits per heavy atom. The van der Waals surface area contributed by atoms with E-state index in [-0.39, 0.29) is 11.6 Å². The zero-order chi connectivity index (χ0) is 21.6. The number of anilines is 1. The first kappa shape index (κ1) is 22.7. The molecule has 1 aliphatic rings. The van der Waals surface area contributed by atoms with Gasteiger partial charge in [0.25, 0.3) is 0 Å². The van der Waals surface area contributed by atoms with Gasteiger partial charge >= 0.3 is 0 Å². The summed E-state index contributed by atoms with van der Waals surface area (Å²) in [4.78, 5) is 16.5. The summed E-state index contributed by atoms with van der Waals surface area (Å²) < 4.78 is 38.4. The monoisotopic (exact) mass is 497 g/mol. The number of halogens is 2. The van der Waals surface area contributed by atoms with Gasteiger partial charge in [-0.3, -0.25) is 9.69 Å².